The van der Waals surface area contributed by atoms with E-state index in [0.717, 1.165) is 38.0 Å². The van der Waals surface area contributed by atoms with Crippen molar-refractivity contribution in [2.75, 3.05) is 40.9 Å². The minimum Gasteiger partial charge on any atom is -0.493 e. The van der Waals surface area contributed by atoms with Crippen LogP contribution in [-0.2, 0) is 0 Å². The lowest BCUT2D eigenvalue weighted by Gasteiger charge is -2.31. The van der Waals surface area contributed by atoms with Gasteiger partial charge in [0.2, 0.25) is 0 Å². The fourth-order valence-corrected chi connectivity index (χ4v) is 3.52. The highest BCUT2D eigenvalue weighted by atomic mass is 16.5. The minimum atomic E-state index is 0.0151. The van der Waals surface area contributed by atoms with E-state index in [4.69, 9.17) is 9.47 Å². The van der Waals surface area contributed by atoms with E-state index in [-0.39, 0.29) is 5.91 Å². The number of hydrogen-bond donors (Lipinski definition) is 2. The SMILES string of the molecule is CNCCC1CCN(C(=O)c2cc(-c3ccc(OC)c(OC)c3)n[nH]2)CC1. The topological polar surface area (TPSA) is 79.5 Å². The quantitative estimate of drug-likeness (QED) is 0.781. The van der Waals surface area contributed by atoms with Gasteiger partial charge in [-0.1, -0.05) is 0 Å². The van der Waals surface area contributed by atoms with Crippen LogP contribution >= 0.6 is 0 Å². The van der Waals surface area contributed by atoms with Crippen LogP contribution in [0.25, 0.3) is 11.3 Å². The minimum absolute atomic E-state index is 0.0151. The van der Waals surface area contributed by atoms with Gasteiger partial charge in [-0.15, -0.1) is 0 Å². The molecule has 1 amide bonds. The lowest BCUT2D eigenvalue weighted by molar-refractivity contribution is 0.0681. The molecule has 3 rings (SSSR count). The van der Waals surface area contributed by atoms with Crippen molar-refractivity contribution < 1.29 is 14.3 Å². The van der Waals surface area contributed by atoms with Crippen molar-refractivity contribution in [1.82, 2.24) is 20.4 Å². The fraction of sp³-hybridized carbons (Fsp3) is 0.500. The predicted octanol–water partition coefficient (Wildman–Crippen LogP) is 2.56. The number of rotatable bonds is 7. The van der Waals surface area contributed by atoms with E-state index >= 15 is 0 Å². The second-order valence-electron chi connectivity index (χ2n) is 6.86. The van der Waals surface area contributed by atoms with Crippen LogP contribution in [0.2, 0.25) is 0 Å². The van der Waals surface area contributed by atoms with Gasteiger partial charge in [0.25, 0.3) is 5.91 Å². The van der Waals surface area contributed by atoms with E-state index in [0.29, 0.717) is 28.8 Å². The van der Waals surface area contributed by atoms with Crippen LogP contribution < -0.4 is 14.8 Å². The van der Waals surface area contributed by atoms with Crippen LogP contribution in [0.1, 0.15) is 29.8 Å². The van der Waals surface area contributed by atoms with Crippen molar-refractivity contribution in [3.05, 3.63) is 30.0 Å². The molecule has 2 heterocycles. The molecule has 0 radical (unpaired) electrons. The number of nitrogens with zero attached hydrogens (tertiary/aromatic N) is 2. The smallest absolute Gasteiger partial charge is 0.271 e. The Morgan fingerprint density at radius 1 is 1.22 bits per heavy atom. The Kier molecular flexibility index (Phi) is 6.34. The number of amides is 1. The van der Waals surface area contributed by atoms with Crippen molar-refractivity contribution in [3.63, 3.8) is 0 Å². The second-order valence-corrected chi connectivity index (χ2v) is 6.86. The Bertz CT molecular complexity index is 766. The Morgan fingerprint density at radius 2 is 1.96 bits per heavy atom. The monoisotopic (exact) mass is 372 g/mol. The van der Waals surface area contributed by atoms with Crippen LogP contribution in [0.5, 0.6) is 11.5 Å². The van der Waals surface area contributed by atoms with E-state index in [1.165, 1.54) is 6.42 Å². The molecule has 1 aliphatic rings. The summed E-state index contributed by atoms with van der Waals surface area (Å²) in [6.07, 6.45) is 3.29. The van der Waals surface area contributed by atoms with Gasteiger partial charge in [0.1, 0.15) is 5.69 Å². The number of aromatic amines is 1. The second kappa shape index (κ2) is 8.90. The molecule has 146 valence electrons. The molecule has 0 spiro atoms. The fourth-order valence-electron chi connectivity index (χ4n) is 3.52. The number of piperidine rings is 1. The molecule has 2 N–H and O–H groups in total. The zero-order chi connectivity index (χ0) is 19.2. The van der Waals surface area contributed by atoms with E-state index < -0.39 is 0 Å². The van der Waals surface area contributed by atoms with Crippen LogP contribution in [0.15, 0.2) is 24.3 Å². The Morgan fingerprint density at radius 3 is 2.63 bits per heavy atom. The molecule has 1 aliphatic heterocycles. The number of benzene rings is 1. The van der Waals surface area contributed by atoms with Crippen LogP contribution in [0.4, 0.5) is 0 Å². The number of nitrogens with one attached hydrogen (secondary N) is 2. The number of methoxy groups -OCH3 is 2. The number of carbonyl (C=O) groups is 1. The predicted molar refractivity (Wildman–Crippen MR) is 104 cm³/mol. The van der Waals surface area contributed by atoms with Crippen LogP contribution in [0.3, 0.4) is 0 Å². The molecule has 0 saturated carbocycles. The van der Waals surface area contributed by atoms with Crippen LogP contribution in [0, 0.1) is 5.92 Å². The number of aromatic nitrogens is 2. The van der Waals surface area contributed by atoms with Gasteiger partial charge in [0.05, 0.1) is 19.9 Å². The summed E-state index contributed by atoms with van der Waals surface area (Å²) >= 11 is 0. The Balaban J connectivity index is 1.66. The molecule has 2 aromatic rings. The number of likely N-dealkylation sites (tertiary alicyclic amines) is 1. The molecule has 0 unspecified atom stereocenters. The lowest BCUT2D eigenvalue weighted by Crippen LogP contribution is -2.39. The lowest BCUT2D eigenvalue weighted by atomic mass is 9.93. The Hall–Kier alpha value is -2.54. The summed E-state index contributed by atoms with van der Waals surface area (Å²) in [5.74, 6) is 2.01. The van der Waals surface area contributed by atoms with Gasteiger partial charge in [-0.25, -0.2) is 0 Å². The molecular formula is C20H28N4O3. The van der Waals surface area contributed by atoms with Gasteiger partial charge in [0.15, 0.2) is 11.5 Å². The molecular weight excluding hydrogens is 344 g/mol. The van der Waals surface area contributed by atoms with E-state index in [1.807, 2.05) is 30.1 Å². The van der Waals surface area contributed by atoms with Crippen molar-refractivity contribution in [2.24, 2.45) is 5.92 Å². The third-order valence-electron chi connectivity index (χ3n) is 5.19. The summed E-state index contributed by atoms with van der Waals surface area (Å²) in [5, 5.41) is 10.4. The Labute approximate surface area is 160 Å². The molecule has 0 atom stereocenters. The van der Waals surface area contributed by atoms with Gasteiger partial charge < -0.3 is 19.7 Å². The zero-order valence-electron chi connectivity index (χ0n) is 16.2. The molecule has 1 aromatic carbocycles. The normalized spacial score (nSPS) is 15.0. The van der Waals surface area contributed by atoms with E-state index in [9.17, 15) is 4.79 Å². The summed E-state index contributed by atoms with van der Waals surface area (Å²) in [6, 6.07) is 7.40. The van der Waals surface area contributed by atoms with Gasteiger partial charge in [-0.05, 0) is 63.0 Å². The number of carbonyl (C=O) groups excluding carboxylic acids is 1. The molecule has 1 saturated heterocycles. The van der Waals surface area contributed by atoms with Gasteiger partial charge in [-0.3, -0.25) is 9.89 Å². The first-order valence-electron chi connectivity index (χ1n) is 9.38. The summed E-state index contributed by atoms with van der Waals surface area (Å²) in [5.41, 5.74) is 2.10. The number of H-pyrrole nitrogens is 1. The molecule has 0 bridgehead atoms. The molecule has 0 aliphatic carbocycles. The average molecular weight is 372 g/mol. The summed E-state index contributed by atoms with van der Waals surface area (Å²) in [6.45, 7) is 2.64. The molecule has 7 heteroatoms. The standard InChI is InChI=1S/C20H28N4O3/c1-21-9-6-14-7-10-24(11-8-14)20(25)17-13-16(22-23-17)15-4-5-18(26-2)19(12-15)27-3/h4-5,12-14,21H,6-11H2,1-3H3,(H,22,23). The number of hydrogen-bond acceptors (Lipinski definition) is 5. The number of ether oxygens (including phenoxy) is 2. The van der Waals surface area contributed by atoms with E-state index in [1.54, 1.807) is 20.3 Å². The third-order valence-corrected chi connectivity index (χ3v) is 5.19. The first kappa shape index (κ1) is 19.2. The van der Waals surface area contributed by atoms with Crippen molar-refractivity contribution in [3.8, 4) is 22.8 Å². The third kappa shape index (κ3) is 4.42. The molecule has 27 heavy (non-hydrogen) atoms. The summed E-state index contributed by atoms with van der Waals surface area (Å²) in [4.78, 5) is 14.7. The maximum Gasteiger partial charge on any atom is 0.271 e. The van der Waals surface area contributed by atoms with Gasteiger partial charge in [0, 0.05) is 18.7 Å². The van der Waals surface area contributed by atoms with Crippen molar-refractivity contribution in [1.29, 1.82) is 0 Å². The highest BCUT2D eigenvalue weighted by Crippen LogP contribution is 2.32. The molecule has 7 nitrogen and oxygen atoms in total. The van der Waals surface area contributed by atoms with Gasteiger partial charge in [-0.2, -0.15) is 5.10 Å². The zero-order valence-corrected chi connectivity index (χ0v) is 16.2. The first-order chi connectivity index (χ1) is 13.2. The molecule has 1 fully saturated rings. The summed E-state index contributed by atoms with van der Waals surface area (Å²) < 4.78 is 10.6. The first-order valence-corrected chi connectivity index (χ1v) is 9.38. The summed E-state index contributed by atoms with van der Waals surface area (Å²) in [7, 11) is 5.18. The molecule has 1 aromatic heterocycles. The van der Waals surface area contributed by atoms with E-state index in [2.05, 4.69) is 15.5 Å². The average Bonchev–Trinajstić information content (AvgIpc) is 3.21. The highest BCUT2D eigenvalue weighted by Gasteiger charge is 2.24. The largest absolute Gasteiger partial charge is 0.493 e. The highest BCUT2D eigenvalue weighted by molar-refractivity contribution is 5.93. The van der Waals surface area contributed by atoms with Crippen molar-refractivity contribution in [2.45, 2.75) is 19.3 Å². The maximum atomic E-state index is 12.8. The van der Waals surface area contributed by atoms with Crippen LogP contribution in [-0.4, -0.2) is 61.9 Å². The van der Waals surface area contributed by atoms with Gasteiger partial charge >= 0.3 is 0 Å². The maximum absolute atomic E-state index is 12.8. The van der Waals surface area contributed by atoms with Crippen molar-refractivity contribution >= 4 is 5.91 Å².